The summed E-state index contributed by atoms with van der Waals surface area (Å²) < 4.78 is 0. The van der Waals surface area contributed by atoms with Crippen molar-refractivity contribution in [1.82, 2.24) is 0 Å². The predicted octanol–water partition coefficient (Wildman–Crippen LogP) is 3.05. The van der Waals surface area contributed by atoms with Crippen molar-refractivity contribution in [3.63, 3.8) is 0 Å². The quantitative estimate of drug-likeness (QED) is 0.451. The Hall–Kier alpha value is -0.0403. The van der Waals surface area contributed by atoms with Gasteiger partial charge < -0.3 is 0 Å². The molecule has 0 aliphatic carbocycles. The van der Waals surface area contributed by atoms with Gasteiger partial charge in [-0.15, -0.1) is 0 Å². The van der Waals surface area contributed by atoms with Crippen molar-refractivity contribution in [2.75, 3.05) is 0 Å². The van der Waals surface area contributed by atoms with E-state index < -0.39 is 0 Å². The van der Waals surface area contributed by atoms with E-state index in [9.17, 15) is 0 Å². The first-order chi connectivity index (χ1) is 5.79. The Morgan fingerprint density at radius 3 is 0.923 bits per heavy atom. The Morgan fingerprint density at radius 1 is 0.615 bits per heavy atom. The predicted molar refractivity (Wildman–Crippen MR) is 59.3 cm³/mol. The van der Waals surface area contributed by atoms with Gasteiger partial charge in [0.1, 0.15) is 0 Å². The second-order valence-electron chi connectivity index (χ2n) is 2.92. The van der Waals surface area contributed by atoms with Crippen molar-refractivity contribution in [2.45, 2.75) is 13.8 Å². The molecule has 0 saturated heterocycles. The molecular weight excluding hydrogens is 184 g/mol. The van der Waals surface area contributed by atoms with E-state index in [1.54, 1.807) is 0 Å². The van der Waals surface area contributed by atoms with Crippen LogP contribution < -0.4 is 0 Å². The molecule has 0 nitrogen and oxygen atoms in total. The van der Waals surface area contributed by atoms with Crippen LogP contribution in [0.5, 0.6) is 0 Å². The van der Waals surface area contributed by atoms with Crippen LogP contribution in [0.1, 0.15) is 11.1 Å². The molecule has 0 aliphatic rings. The molecule has 0 aromatic heterocycles. The maximum Gasteiger partial charge on any atom is 2.00 e. The standard InChI is InChI=1S/2C6H7.Ca/c2*1-6-4-2-3-5-6;/h2*2-5H,1H3;/q2*-1;+2. The van der Waals surface area contributed by atoms with E-state index in [1.165, 1.54) is 11.1 Å². The smallest absolute Gasteiger partial charge is 0.213 e. The van der Waals surface area contributed by atoms with E-state index in [4.69, 9.17) is 0 Å². The van der Waals surface area contributed by atoms with E-state index in [0.717, 1.165) is 0 Å². The topological polar surface area (TPSA) is 0 Å². The molecule has 0 fully saturated rings. The molecular formula is C12H14Ca. The average Bonchev–Trinajstić information content (AvgIpc) is 2.63. The molecule has 0 radical (unpaired) electrons. The van der Waals surface area contributed by atoms with Crippen molar-refractivity contribution in [3.05, 3.63) is 59.7 Å². The summed E-state index contributed by atoms with van der Waals surface area (Å²) in [5.41, 5.74) is 2.69. The Kier molecular flexibility index (Phi) is 7.35. The molecule has 0 heterocycles. The molecule has 2 aromatic rings. The van der Waals surface area contributed by atoms with E-state index in [0.29, 0.717) is 0 Å². The fraction of sp³-hybridized carbons (Fsp3) is 0.167. The molecule has 0 N–H and O–H groups in total. The van der Waals surface area contributed by atoms with Crippen LogP contribution in [0.4, 0.5) is 0 Å². The van der Waals surface area contributed by atoms with Gasteiger partial charge in [0, 0.05) is 0 Å². The van der Waals surface area contributed by atoms with Crippen LogP contribution in [-0.2, 0) is 0 Å². The van der Waals surface area contributed by atoms with Crippen LogP contribution in [0.3, 0.4) is 0 Å². The van der Waals surface area contributed by atoms with E-state index in [-0.39, 0.29) is 37.7 Å². The molecule has 2 rings (SSSR count). The van der Waals surface area contributed by atoms with Gasteiger partial charge in [0.25, 0.3) is 0 Å². The van der Waals surface area contributed by atoms with Gasteiger partial charge in [0.05, 0.1) is 0 Å². The minimum absolute atomic E-state index is 0. The van der Waals surface area contributed by atoms with Crippen LogP contribution in [0.15, 0.2) is 48.5 Å². The molecule has 2 aromatic carbocycles. The van der Waals surface area contributed by atoms with Crippen molar-refractivity contribution in [2.24, 2.45) is 0 Å². The summed E-state index contributed by atoms with van der Waals surface area (Å²) >= 11 is 0. The summed E-state index contributed by atoms with van der Waals surface area (Å²) in [5.74, 6) is 0. The molecule has 0 aliphatic heterocycles. The molecule has 64 valence electrons. The van der Waals surface area contributed by atoms with Crippen LogP contribution in [0.25, 0.3) is 0 Å². The first kappa shape index (κ1) is 13.0. The van der Waals surface area contributed by atoms with Crippen LogP contribution in [0, 0.1) is 13.8 Å². The number of rotatable bonds is 0. The Morgan fingerprint density at radius 2 is 0.846 bits per heavy atom. The summed E-state index contributed by atoms with van der Waals surface area (Å²) in [6.07, 6.45) is 0. The second-order valence-corrected chi connectivity index (χ2v) is 2.92. The maximum atomic E-state index is 2.08. The first-order valence-electron chi connectivity index (χ1n) is 4.15. The summed E-state index contributed by atoms with van der Waals surface area (Å²) in [7, 11) is 0. The zero-order valence-electron chi connectivity index (χ0n) is 8.33. The molecule has 0 amide bonds. The summed E-state index contributed by atoms with van der Waals surface area (Å²) in [4.78, 5) is 0. The number of aryl methyl sites for hydroxylation is 2. The molecule has 0 bridgehead atoms. The second kappa shape index (κ2) is 7.37. The van der Waals surface area contributed by atoms with Crippen molar-refractivity contribution >= 4 is 37.7 Å². The summed E-state index contributed by atoms with van der Waals surface area (Å²) in [5, 5.41) is 0. The monoisotopic (exact) mass is 198 g/mol. The first-order valence-corrected chi connectivity index (χ1v) is 4.15. The van der Waals surface area contributed by atoms with Crippen molar-refractivity contribution < 1.29 is 0 Å². The van der Waals surface area contributed by atoms with Crippen molar-refractivity contribution in [3.8, 4) is 0 Å². The molecule has 0 spiro atoms. The Labute approximate surface area is 110 Å². The zero-order valence-corrected chi connectivity index (χ0v) is 10.5. The normalized spacial score (nSPS) is 8.15. The zero-order chi connectivity index (χ0) is 8.81. The van der Waals surface area contributed by atoms with Gasteiger partial charge in [0.2, 0.25) is 0 Å². The van der Waals surface area contributed by atoms with E-state index in [1.807, 2.05) is 24.3 Å². The van der Waals surface area contributed by atoms with Crippen molar-refractivity contribution in [1.29, 1.82) is 0 Å². The number of hydrogen-bond acceptors (Lipinski definition) is 0. The van der Waals surface area contributed by atoms with Gasteiger partial charge in [0.15, 0.2) is 0 Å². The number of hydrogen-bond donors (Lipinski definition) is 0. The molecule has 0 saturated carbocycles. The maximum absolute atomic E-state index is 2.08. The SMILES string of the molecule is C[c-]1cccc1.C[c-]1cccc1.[Ca+2]. The van der Waals surface area contributed by atoms with Gasteiger partial charge in [-0.25, -0.2) is 24.3 Å². The van der Waals surface area contributed by atoms with Gasteiger partial charge in [-0.3, -0.25) is 0 Å². The van der Waals surface area contributed by atoms with Crippen LogP contribution in [-0.4, -0.2) is 37.7 Å². The molecule has 13 heavy (non-hydrogen) atoms. The minimum atomic E-state index is 0. The van der Waals surface area contributed by atoms with Gasteiger partial charge in [-0.2, -0.15) is 35.4 Å². The van der Waals surface area contributed by atoms with Gasteiger partial charge in [-0.1, -0.05) is 13.8 Å². The molecule has 0 unspecified atom stereocenters. The summed E-state index contributed by atoms with van der Waals surface area (Å²) in [6, 6.07) is 16.5. The fourth-order valence-corrected chi connectivity index (χ4v) is 0.940. The van der Waals surface area contributed by atoms with Crippen LogP contribution >= 0.6 is 0 Å². The van der Waals surface area contributed by atoms with Gasteiger partial charge in [-0.05, 0) is 0 Å². The summed E-state index contributed by atoms with van der Waals surface area (Å²) in [6.45, 7) is 4.17. The minimum Gasteiger partial charge on any atom is -0.213 e. The Bertz CT molecular complexity index is 245. The fourth-order valence-electron chi connectivity index (χ4n) is 0.940. The molecule has 0 atom stereocenters. The largest absolute Gasteiger partial charge is 2.00 e. The van der Waals surface area contributed by atoms with Crippen LogP contribution in [0.2, 0.25) is 0 Å². The molecule has 1 heteroatoms. The van der Waals surface area contributed by atoms with Gasteiger partial charge >= 0.3 is 37.7 Å². The van der Waals surface area contributed by atoms with E-state index >= 15 is 0 Å². The third-order valence-electron chi connectivity index (χ3n) is 1.66. The third kappa shape index (κ3) is 6.09. The Balaban J connectivity index is 0.000000206. The van der Waals surface area contributed by atoms with E-state index in [2.05, 4.69) is 38.1 Å². The average molecular weight is 198 g/mol. The third-order valence-corrected chi connectivity index (χ3v) is 1.66.